The molecule has 47 heteroatoms. The van der Waals surface area contributed by atoms with Crippen LogP contribution in [0.15, 0.2) is 62.6 Å². The molecule has 0 fully saturated rings. The first-order valence-corrected chi connectivity index (χ1v) is 32.8. The molecule has 0 saturated carbocycles. The van der Waals surface area contributed by atoms with Crippen LogP contribution in [0.5, 0.6) is 0 Å². The third-order valence-corrected chi connectivity index (χ3v) is 15.5. The predicted octanol–water partition coefficient (Wildman–Crippen LogP) is -8.74. The minimum Gasteiger partial charge on any atom is -0.481 e. The van der Waals surface area contributed by atoms with Crippen LogP contribution >= 0.6 is 0 Å². The molecule has 0 aliphatic carbocycles. The summed E-state index contributed by atoms with van der Waals surface area (Å²) in [4.78, 5) is 271. The zero-order valence-electron chi connectivity index (χ0n) is 57.1. The highest BCUT2D eigenvalue weighted by Crippen LogP contribution is 2.13. The topological polar surface area (TPSA) is 742 Å². The van der Waals surface area contributed by atoms with Gasteiger partial charge in [-0.25, -0.2) is 29.7 Å². The number of carboxylic acids is 6. The van der Waals surface area contributed by atoms with Crippen LogP contribution in [-0.2, 0) is 118 Å². The molecular formula is C61H81N23O24. The number of amides is 12. The smallest absolute Gasteiger partial charge is 0.326 e. The summed E-state index contributed by atoms with van der Waals surface area (Å²) in [7, 11) is 0. The number of imidazole rings is 5. The molecule has 0 spiro atoms. The highest BCUT2D eigenvalue weighted by Gasteiger charge is 2.38. The van der Waals surface area contributed by atoms with E-state index in [1.807, 2.05) is 0 Å². The molecule has 25 N–H and O–H groups in total. The zero-order valence-corrected chi connectivity index (χ0v) is 57.1. The van der Waals surface area contributed by atoms with Gasteiger partial charge in [0.2, 0.25) is 70.9 Å². The van der Waals surface area contributed by atoms with Crippen LogP contribution in [0.4, 0.5) is 0 Å². The number of hydrogen-bond acceptors (Lipinski definition) is 24. The van der Waals surface area contributed by atoms with E-state index >= 15 is 0 Å². The summed E-state index contributed by atoms with van der Waals surface area (Å²) in [6, 6.07) is -18.4. The average molecular weight is 1520 g/mol. The Hall–Kier alpha value is -13.5. The third-order valence-electron chi connectivity index (χ3n) is 15.5. The van der Waals surface area contributed by atoms with E-state index in [1.165, 1.54) is 56.3 Å². The maximum Gasteiger partial charge on any atom is 0.326 e. The number of carbonyl (C=O) groups excluding carboxylic acids is 12. The van der Waals surface area contributed by atoms with E-state index in [9.17, 15) is 117 Å². The standard InChI is InChI=1S/C61H81N23O24/c62-16-44(85)68-22-45(86)69-23-46(87)75-39(11-29-17-63-24-70-29)56(102)76-34(1-6-47(88)89)52(98)81-40(12-30-18-64-25-71-30)57(103)77-35(2-7-48(90)91)53(99)82-41(13-31-19-65-26-72-31)58(104)78-36(3-8-49(92)93)54(100)83-42(14-32-20-66-27-73-32)59(105)79-37(4-9-50(94)95)55(101)84-43(15-33-21-67-28-74-33)60(106)80-38(61(107)108)5-10-51(96)97/h17-21,24-28,34-43H,1-16,22-23,62H2,(H,63,70)(H,64,71)(H,65,72)(H,66,73)(H,67,74)(H,68,85)(H,69,86)(H,75,87)(H,76,102)(H,77,103)(H,78,104)(H,79,105)(H,80,106)(H,81,98)(H,82,99)(H,83,100)(H,84,101)(H,88,89)(H,90,91)(H,92,93)(H,94,95)(H,96,97)(H,107,108)/t34-,35-,36-,37-,38-,39-,40-,41-,42-,43-/m0/s1. The zero-order chi connectivity index (χ0) is 79.4. The molecule has 108 heavy (non-hydrogen) atoms. The van der Waals surface area contributed by atoms with E-state index in [-0.39, 0.29) is 34.9 Å². The highest BCUT2D eigenvalue weighted by atomic mass is 16.4. The fourth-order valence-corrected chi connectivity index (χ4v) is 9.97. The van der Waals surface area contributed by atoms with Gasteiger partial charge < -0.3 is 125 Å². The summed E-state index contributed by atoms with van der Waals surface area (Å²) >= 11 is 0. The first kappa shape index (κ1) is 85.1. The summed E-state index contributed by atoms with van der Waals surface area (Å²) in [5, 5.41) is 85.7. The lowest BCUT2D eigenvalue weighted by Gasteiger charge is -2.28. The maximum absolute atomic E-state index is 14.7. The lowest BCUT2D eigenvalue weighted by molar-refractivity contribution is -0.144. The van der Waals surface area contributed by atoms with Crippen LogP contribution in [0.1, 0.15) is 92.7 Å². The molecule has 12 amide bonds. The van der Waals surface area contributed by atoms with Crippen molar-refractivity contribution >= 4 is 107 Å². The van der Waals surface area contributed by atoms with Gasteiger partial charge in [0, 0.05) is 95.2 Å². The number of nitrogens with zero attached hydrogens (tertiary/aromatic N) is 5. The van der Waals surface area contributed by atoms with E-state index in [1.54, 1.807) is 0 Å². The Labute approximate surface area is 608 Å². The summed E-state index contributed by atoms with van der Waals surface area (Å²) in [5.41, 5.74) is 5.69. The van der Waals surface area contributed by atoms with Crippen LogP contribution in [0, 0.1) is 0 Å². The van der Waals surface area contributed by atoms with Gasteiger partial charge in [-0.3, -0.25) is 81.5 Å². The number of hydrogen-bond donors (Lipinski definition) is 24. The summed E-state index contributed by atoms with van der Waals surface area (Å²) in [6.07, 6.45) is 2.40. The van der Waals surface area contributed by atoms with Gasteiger partial charge in [0.05, 0.1) is 79.7 Å². The third kappa shape index (κ3) is 30.8. The van der Waals surface area contributed by atoms with Crippen LogP contribution < -0.4 is 69.5 Å². The number of aliphatic carboxylic acids is 6. The minimum absolute atomic E-state index is 0.0374. The van der Waals surface area contributed by atoms with Gasteiger partial charge in [-0.2, -0.15) is 0 Å². The van der Waals surface area contributed by atoms with Crippen molar-refractivity contribution in [2.75, 3.05) is 19.6 Å². The molecule has 0 aromatic carbocycles. The maximum atomic E-state index is 14.7. The van der Waals surface area contributed by atoms with Gasteiger partial charge in [0.15, 0.2) is 0 Å². The van der Waals surface area contributed by atoms with Gasteiger partial charge in [0.1, 0.15) is 60.4 Å². The second-order valence-electron chi connectivity index (χ2n) is 23.8. The van der Waals surface area contributed by atoms with Gasteiger partial charge >= 0.3 is 35.8 Å². The Balaban J connectivity index is 1.41. The molecule has 5 rings (SSSR count). The summed E-state index contributed by atoms with van der Waals surface area (Å²) in [6.45, 7) is -1.74. The molecule has 5 heterocycles. The van der Waals surface area contributed by atoms with E-state index in [2.05, 4.69) is 114 Å². The van der Waals surface area contributed by atoms with E-state index in [0.717, 1.165) is 6.33 Å². The van der Waals surface area contributed by atoms with Gasteiger partial charge in [-0.05, 0) is 32.1 Å². The molecule has 47 nitrogen and oxygen atoms in total. The summed E-state index contributed by atoms with van der Waals surface area (Å²) in [5.74, 6) is -22.7. The average Bonchev–Trinajstić information content (AvgIpc) is 1.08. The number of carboxylic acid groups (broad SMARTS) is 6. The molecule has 10 atom stereocenters. The quantitative estimate of drug-likeness (QED) is 0.0172. The number of nitrogens with two attached hydrogens (primary N) is 1. The SMILES string of the molecule is NCC(=O)NCC(=O)NCC(=O)N[C@@H](Cc1c[nH]cn1)C(=O)N[C@@H](CCC(=O)O)C(=O)N[C@@H](Cc1c[nH]cn1)C(=O)N[C@@H](CCC(=O)O)C(=O)N[C@@H](Cc1c[nH]cn1)C(=O)N[C@@H](CCC(=O)O)C(=O)N[C@@H](Cc1c[nH]cn1)C(=O)N[C@@H](CCC(=O)O)C(=O)N[C@@H](Cc1c[nH]cn1)C(=O)N[C@@H](CCC(=O)O)C(=O)O. The van der Waals surface area contributed by atoms with Crippen LogP contribution in [0.3, 0.4) is 0 Å². The first-order chi connectivity index (χ1) is 51.4. The van der Waals surface area contributed by atoms with Gasteiger partial charge in [0.25, 0.3) is 0 Å². The second-order valence-corrected chi connectivity index (χ2v) is 23.8. The van der Waals surface area contributed by atoms with Crippen LogP contribution in [0.25, 0.3) is 0 Å². The van der Waals surface area contributed by atoms with E-state index in [0.29, 0.717) is 0 Å². The van der Waals surface area contributed by atoms with Crippen LogP contribution in [0.2, 0.25) is 0 Å². The molecule has 0 unspecified atom stereocenters. The number of aromatic amines is 5. The highest BCUT2D eigenvalue weighted by molar-refractivity contribution is 6.00. The second kappa shape index (κ2) is 43.5. The van der Waals surface area contributed by atoms with Gasteiger partial charge in [-0.15, -0.1) is 0 Å². The van der Waals surface area contributed by atoms with Crippen molar-refractivity contribution in [3.8, 4) is 0 Å². The Kier molecular flexibility index (Phi) is 34.3. The minimum atomic E-state index is -1.97. The Morgan fingerprint density at radius 1 is 0.287 bits per heavy atom. The van der Waals surface area contributed by atoms with Crippen molar-refractivity contribution in [1.82, 2.24) is 114 Å². The normalized spacial score (nSPS) is 13.7. The lowest BCUT2D eigenvalue weighted by Crippen LogP contribution is -2.61. The fraction of sp³-hybridized carbons (Fsp3) is 0.459. The van der Waals surface area contributed by atoms with Crippen molar-refractivity contribution in [1.29, 1.82) is 0 Å². The number of carbonyl (C=O) groups is 18. The van der Waals surface area contributed by atoms with Crippen molar-refractivity contribution in [2.45, 2.75) is 157 Å². The Bertz CT molecular complexity index is 3910. The molecular weight excluding hydrogens is 1440 g/mol. The van der Waals surface area contributed by atoms with Crippen LogP contribution in [-0.4, -0.2) is 267 Å². The molecule has 0 bridgehead atoms. The monoisotopic (exact) mass is 1520 g/mol. The number of nitrogens with one attached hydrogen (secondary N) is 17. The molecule has 5 aromatic rings. The van der Waals surface area contributed by atoms with Crippen molar-refractivity contribution < 1.29 is 117 Å². The van der Waals surface area contributed by atoms with E-state index in [4.69, 9.17) is 5.73 Å². The lowest BCUT2D eigenvalue weighted by atomic mass is 10.0. The van der Waals surface area contributed by atoms with Crippen molar-refractivity contribution in [3.63, 3.8) is 0 Å². The molecule has 0 saturated heterocycles. The number of rotatable bonds is 50. The summed E-state index contributed by atoms with van der Waals surface area (Å²) < 4.78 is 0. The van der Waals surface area contributed by atoms with E-state index < -0.39 is 277 Å². The molecule has 584 valence electrons. The Morgan fingerprint density at radius 2 is 0.491 bits per heavy atom. The largest absolute Gasteiger partial charge is 0.481 e. The Morgan fingerprint density at radius 3 is 0.713 bits per heavy atom. The molecule has 5 aromatic heterocycles. The van der Waals surface area contributed by atoms with Crippen molar-refractivity contribution in [3.05, 3.63) is 91.1 Å². The predicted molar refractivity (Wildman–Crippen MR) is 358 cm³/mol. The molecule has 0 aliphatic heterocycles. The number of aromatic nitrogens is 10. The fourth-order valence-electron chi connectivity index (χ4n) is 9.97. The van der Waals surface area contributed by atoms with Crippen molar-refractivity contribution in [2.24, 2.45) is 5.73 Å². The molecule has 0 aliphatic rings. The first-order valence-electron chi connectivity index (χ1n) is 32.8. The number of H-pyrrole nitrogens is 5. The van der Waals surface area contributed by atoms with Gasteiger partial charge in [-0.1, -0.05) is 0 Å². The molecule has 0 radical (unpaired) electrons.